The molecule has 1 aromatic rings. The molecule has 0 aromatic heterocycles. The zero-order valence-corrected chi connectivity index (χ0v) is 10.5. The summed E-state index contributed by atoms with van der Waals surface area (Å²) in [6, 6.07) is 6.58. The highest BCUT2D eigenvalue weighted by Gasteiger charge is 2.29. The van der Waals surface area contributed by atoms with Crippen LogP contribution in [0.5, 0.6) is 0 Å². The second-order valence-electron chi connectivity index (χ2n) is 3.87. The van der Waals surface area contributed by atoms with E-state index in [0.29, 0.717) is 16.1 Å². The number of hydrogen-bond acceptors (Lipinski definition) is 4. The van der Waals surface area contributed by atoms with Gasteiger partial charge in [0.05, 0.1) is 27.5 Å². The first-order valence-electron chi connectivity index (χ1n) is 5.25. The van der Waals surface area contributed by atoms with Crippen LogP contribution in [0.1, 0.15) is 17.3 Å². The molecule has 0 saturated carbocycles. The Kier molecular flexibility index (Phi) is 3.26. The number of fused-ring (bicyclic) bond motifs is 1. The summed E-state index contributed by atoms with van der Waals surface area (Å²) < 4.78 is 11.8. The predicted octanol–water partition coefficient (Wildman–Crippen LogP) is 0.867. The van der Waals surface area contributed by atoms with E-state index in [4.69, 9.17) is 5.26 Å². The van der Waals surface area contributed by atoms with E-state index in [0.717, 1.165) is 0 Å². The Morgan fingerprint density at radius 1 is 1.56 bits per heavy atom. The molecule has 0 bridgehead atoms. The van der Waals surface area contributed by atoms with E-state index in [9.17, 15) is 13.8 Å². The number of nitriles is 1. The maximum Gasteiger partial charge on any atom is 0.240 e. The van der Waals surface area contributed by atoms with Crippen molar-refractivity contribution < 1.29 is 13.8 Å². The Hall–Kier alpha value is -2.00. The first kappa shape index (κ1) is 12.5. The van der Waals surface area contributed by atoms with Gasteiger partial charge in [-0.2, -0.15) is 5.26 Å². The van der Waals surface area contributed by atoms with E-state index in [1.165, 1.54) is 17.9 Å². The van der Waals surface area contributed by atoms with E-state index >= 15 is 0 Å². The summed E-state index contributed by atoms with van der Waals surface area (Å²) in [6.07, 6.45) is 0. The summed E-state index contributed by atoms with van der Waals surface area (Å²) in [7, 11) is -1.40. The molecule has 92 valence electrons. The molecule has 0 saturated heterocycles. The molecule has 1 aromatic carbocycles. The average Bonchev–Trinajstić information content (AvgIpc) is 2.33. The molecule has 1 unspecified atom stereocenters. The number of rotatable bonds is 2. The molecule has 2 rings (SSSR count). The fraction of sp³-hybridized carbons (Fsp3) is 0.250. The Morgan fingerprint density at radius 2 is 2.28 bits per heavy atom. The molecule has 1 aliphatic rings. The van der Waals surface area contributed by atoms with E-state index in [2.05, 4.69) is 0 Å². The topological polar surface area (TPSA) is 78.2 Å². The number of nitrogens with zero attached hydrogens (tertiary/aromatic N) is 2. The first-order valence-corrected chi connectivity index (χ1v) is 6.57. The zero-order chi connectivity index (χ0) is 13.3. The standard InChI is InChI=1S/C12H10N2O3S/c1-8(15)9-2-3-11-10(6-9)14(5-4-13)12(16)7-18(11)17/h2-3,6H,5,7H2,1H3. The number of benzene rings is 1. The maximum atomic E-state index is 11.8. The van der Waals surface area contributed by atoms with Crippen molar-refractivity contribution in [2.45, 2.75) is 11.8 Å². The Balaban J connectivity index is 2.59. The molecule has 0 aliphatic carbocycles. The van der Waals surface area contributed by atoms with Gasteiger partial charge in [-0.15, -0.1) is 0 Å². The molecule has 6 heteroatoms. The van der Waals surface area contributed by atoms with Crippen molar-refractivity contribution in [1.29, 1.82) is 5.26 Å². The van der Waals surface area contributed by atoms with Crippen LogP contribution in [0, 0.1) is 11.3 Å². The Labute approximate surface area is 106 Å². The lowest BCUT2D eigenvalue weighted by atomic mass is 10.1. The Bertz CT molecular complexity index is 604. The molecular weight excluding hydrogens is 252 g/mol. The number of carbonyl (C=O) groups is 2. The summed E-state index contributed by atoms with van der Waals surface area (Å²) >= 11 is 0. The van der Waals surface area contributed by atoms with Gasteiger partial charge in [0, 0.05) is 5.56 Å². The third-order valence-electron chi connectivity index (χ3n) is 2.69. The highest BCUT2D eigenvalue weighted by molar-refractivity contribution is 7.86. The minimum absolute atomic E-state index is 0.107. The van der Waals surface area contributed by atoms with Crippen LogP contribution in [-0.2, 0) is 15.6 Å². The summed E-state index contributed by atoms with van der Waals surface area (Å²) in [6.45, 7) is 1.31. The molecule has 1 atom stereocenters. The van der Waals surface area contributed by atoms with Crippen molar-refractivity contribution in [1.82, 2.24) is 0 Å². The predicted molar refractivity (Wildman–Crippen MR) is 65.7 cm³/mol. The quantitative estimate of drug-likeness (QED) is 0.585. The minimum atomic E-state index is -1.40. The smallest absolute Gasteiger partial charge is 0.240 e. The zero-order valence-electron chi connectivity index (χ0n) is 9.67. The van der Waals surface area contributed by atoms with Gasteiger partial charge in [0.15, 0.2) is 5.78 Å². The monoisotopic (exact) mass is 262 g/mol. The van der Waals surface area contributed by atoms with E-state index in [-0.39, 0.29) is 24.0 Å². The number of anilines is 1. The highest BCUT2D eigenvalue weighted by atomic mass is 32.2. The largest absolute Gasteiger partial charge is 0.297 e. The summed E-state index contributed by atoms with van der Waals surface area (Å²) in [5.74, 6) is -0.615. The fourth-order valence-electron chi connectivity index (χ4n) is 1.79. The van der Waals surface area contributed by atoms with Gasteiger partial charge < -0.3 is 0 Å². The summed E-state index contributed by atoms with van der Waals surface area (Å²) in [5, 5.41) is 8.72. The van der Waals surface area contributed by atoms with Gasteiger partial charge in [0.1, 0.15) is 12.3 Å². The van der Waals surface area contributed by atoms with E-state index in [1.807, 2.05) is 6.07 Å². The average molecular weight is 262 g/mol. The van der Waals surface area contributed by atoms with Crippen molar-refractivity contribution in [3.05, 3.63) is 23.8 Å². The van der Waals surface area contributed by atoms with E-state index in [1.54, 1.807) is 12.1 Å². The molecule has 1 amide bonds. The molecule has 1 aliphatic heterocycles. The second-order valence-corrected chi connectivity index (χ2v) is 5.29. The van der Waals surface area contributed by atoms with Gasteiger partial charge in [0.2, 0.25) is 5.91 Å². The van der Waals surface area contributed by atoms with Crippen LogP contribution in [0.15, 0.2) is 23.1 Å². The number of ketones is 1. The van der Waals surface area contributed by atoms with Gasteiger partial charge in [-0.05, 0) is 19.1 Å². The van der Waals surface area contributed by atoms with Crippen molar-refractivity contribution in [3.8, 4) is 6.07 Å². The molecule has 5 nitrogen and oxygen atoms in total. The molecule has 0 radical (unpaired) electrons. The van der Waals surface area contributed by atoms with Crippen molar-refractivity contribution in [2.24, 2.45) is 0 Å². The Morgan fingerprint density at radius 3 is 2.89 bits per heavy atom. The number of carbonyl (C=O) groups excluding carboxylic acids is 2. The third kappa shape index (κ3) is 2.05. The van der Waals surface area contributed by atoms with Crippen LogP contribution in [0.3, 0.4) is 0 Å². The van der Waals surface area contributed by atoms with Crippen LogP contribution in [0.2, 0.25) is 0 Å². The molecule has 0 N–H and O–H groups in total. The third-order valence-corrected chi connectivity index (χ3v) is 4.03. The lowest BCUT2D eigenvalue weighted by Gasteiger charge is -2.26. The lowest BCUT2D eigenvalue weighted by molar-refractivity contribution is -0.116. The van der Waals surface area contributed by atoms with Gasteiger partial charge in [-0.1, -0.05) is 6.07 Å². The molecule has 1 heterocycles. The summed E-state index contributed by atoms with van der Waals surface area (Å²) in [5.41, 5.74) is 0.835. The van der Waals surface area contributed by atoms with Crippen LogP contribution in [0.25, 0.3) is 0 Å². The minimum Gasteiger partial charge on any atom is -0.297 e. The first-order chi connectivity index (χ1) is 8.54. The van der Waals surface area contributed by atoms with Crippen LogP contribution in [0.4, 0.5) is 5.69 Å². The van der Waals surface area contributed by atoms with Gasteiger partial charge in [-0.3, -0.25) is 18.7 Å². The van der Waals surface area contributed by atoms with Crippen molar-refractivity contribution in [2.75, 3.05) is 17.2 Å². The van der Waals surface area contributed by atoms with Gasteiger partial charge in [0.25, 0.3) is 0 Å². The number of Topliss-reactive ketones (excluding diaryl/α,β-unsaturated/α-hetero) is 1. The van der Waals surface area contributed by atoms with Crippen LogP contribution in [-0.4, -0.2) is 28.2 Å². The fourth-order valence-corrected chi connectivity index (χ4v) is 2.94. The van der Waals surface area contributed by atoms with Crippen LogP contribution < -0.4 is 4.90 Å². The molecule has 0 spiro atoms. The molecule has 0 fully saturated rings. The summed E-state index contributed by atoms with van der Waals surface area (Å²) in [4.78, 5) is 24.8. The highest BCUT2D eigenvalue weighted by Crippen LogP contribution is 2.29. The van der Waals surface area contributed by atoms with Crippen molar-refractivity contribution in [3.63, 3.8) is 0 Å². The molecular formula is C12H10N2O3S. The SMILES string of the molecule is CC(=O)c1ccc2c(c1)N(CC#N)C(=O)CS2=O. The van der Waals surface area contributed by atoms with Gasteiger partial charge >= 0.3 is 0 Å². The number of hydrogen-bond donors (Lipinski definition) is 0. The number of amides is 1. The van der Waals surface area contributed by atoms with Gasteiger partial charge in [-0.25, -0.2) is 0 Å². The second kappa shape index (κ2) is 4.70. The normalized spacial score (nSPS) is 18.1. The maximum absolute atomic E-state index is 11.8. The lowest BCUT2D eigenvalue weighted by Crippen LogP contribution is -2.39. The van der Waals surface area contributed by atoms with E-state index < -0.39 is 10.8 Å². The van der Waals surface area contributed by atoms with Crippen LogP contribution >= 0.6 is 0 Å². The van der Waals surface area contributed by atoms with Crippen molar-refractivity contribution >= 4 is 28.2 Å². The molecule has 18 heavy (non-hydrogen) atoms.